The van der Waals surface area contributed by atoms with E-state index in [4.69, 9.17) is 4.84 Å². The molecule has 8 nitrogen and oxygen atoms in total. The summed E-state index contributed by atoms with van der Waals surface area (Å²) < 4.78 is 0. The number of carbonyl (C=O) groups is 2. The summed E-state index contributed by atoms with van der Waals surface area (Å²) >= 11 is 0. The Morgan fingerprint density at radius 3 is 1.97 bits per heavy atom. The average Bonchev–Trinajstić information content (AvgIpc) is 3.31. The molecule has 166 valence electrons. The lowest BCUT2D eigenvalue weighted by Crippen LogP contribution is -2.37. The molecule has 3 unspecified atom stereocenters. The van der Waals surface area contributed by atoms with Gasteiger partial charge in [0, 0.05) is 12.1 Å². The van der Waals surface area contributed by atoms with Crippen molar-refractivity contribution in [2.24, 2.45) is 5.92 Å². The van der Waals surface area contributed by atoms with Crippen molar-refractivity contribution in [1.29, 1.82) is 0 Å². The van der Waals surface area contributed by atoms with Crippen molar-refractivity contribution in [1.82, 2.24) is 0 Å². The number of carbonyl (C=O) groups excluding carboxylic acids is 2. The smallest absolute Gasteiger partial charge is 0.269 e. The number of hydroxylamine groups is 1. The number of fused-ring (bicyclic) bond motifs is 1. The Balaban J connectivity index is 1.61. The fraction of sp³-hybridized carbons (Fsp3) is 0.200. The monoisotopic (exact) mass is 443 g/mol. The van der Waals surface area contributed by atoms with Gasteiger partial charge in [0.05, 0.1) is 22.3 Å². The van der Waals surface area contributed by atoms with E-state index >= 15 is 0 Å². The molecule has 3 aromatic rings. The molecule has 0 N–H and O–H groups in total. The fourth-order valence-electron chi connectivity index (χ4n) is 4.62. The van der Waals surface area contributed by atoms with E-state index in [0.717, 1.165) is 16.8 Å². The van der Waals surface area contributed by atoms with Gasteiger partial charge in [-0.1, -0.05) is 48.5 Å². The highest BCUT2D eigenvalue weighted by Gasteiger charge is 2.60. The lowest BCUT2D eigenvalue weighted by molar-refractivity contribution is -0.384. The van der Waals surface area contributed by atoms with Gasteiger partial charge in [-0.3, -0.25) is 24.5 Å². The Labute approximate surface area is 190 Å². The Kier molecular flexibility index (Phi) is 4.94. The molecule has 2 aliphatic rings. The summed E-state index contributed by atoms with van der Waals surface area (Å²) in [7, 11) is 0. The lowest BCUT2D eigenvalue weighted by atomic mass is 9.90. The first kappa shape index (κ1) is 20.8. The standard InChI is InChI=1S/C25H21N3O5/c1-15-7-3-5-9-19(15)26-24(29)21-22(17-11-13-18(14-12-17)28(31)32)27(33-23(21)25(26)30)20-10-6-4-8-16(20)2/h3-14,21-23H,1-2H3. The van der Waals surface area contributed by atoms with Crippen LogP contribution in [0.5, 0.6) is 0 Å². The van der Waals surface area contributed by atoms with E-state index < -0.39 is 28.9 Å². The molecule has 8 heteroatoms. The molecule has 0 saturated carbocycles. The van der Waals surface area contributed by atoms with Gasteiger partial charge in [0.1, 0.15) is 5.92 Å². The van der Waals surface area contributed by atoms with E-state index in [2.05, 4.69) is 0 Å². The lowest BCUT2D eigenvalue weighted by Gasteiger charge is -2.30. The second-order valence-electron chi connectivity index (χ2n) is 8.26. The van der Waals surface area contributed by atoms with E-state index in [9.17, 15) is 19.7 Å². The normalized spacial score (nSPS) is 22.1. The summed E-state index contributed by atoms with van der Waals surface area (Å²) in [6.07, 6.45) is -0.989. The summed E-state index contributed by atoms with van der Waals surface area (Å²) in [4.78, 5) is 45.1. The van der Waals surface area contributed by atoms with Gasteiger partial charge in [0.25, 0.3) is 11.6 Å². The van der Waals surface area contributed by atoms with Crippen molar-refractivity contribution >= 4 is 28.9 Å². The molecular formula is C25H21N3O5. The van der Waals surface area contributed by atoms with E-state index in [1.54, 1.807) is 29.3 Å². The van der Waals surface area contributed by atoms with Crippen LogP contribution in [0.4, 0.5) is 17.1 Å². The summed E-state index contributed by atoms with van der Waals surface area (Å²) in [5, 5.41) is 12.7. The quantitative estimate of drug-likeness (QED) is 0.340. The zero-order valence-electron chi connectivity index (χ0n) is 18.0. The van der Waals surface area contributed by atoms with Gasteiger partial charge >= 0.3 is 0 Å². The fourth-order valence-corrected chi connectivity index (χ4v) is 4.62. The molecule has 0 bridgehead atoms. The number of hydrogen-bond acceptors (Lipinski definition) is 6. The van der Waals surface area contributed by atoms with Crippen molar-refractivity contribution in [3.05, 3.63) is 99.6 Å². The minimum absolute atomic E-state index is 0.0491. The van der Waals surface area contributed by atoms with Crippen molar-refractivity contribution in [3.8, 4) is 0 Å². The molecule has 2 fully saturated rings. The largest absolute Gasteiger partial charge is 0.273 e. The van der Waals surface area contributed by atoms with Crippen LogP contribution < -0.4 is 9.96 Å². The number of aryl methyl sites for hydroxylation is 2. The summed E-state index contributed by atoms with van der Waals surface area (Å²) in [5.74, 6) is -1.56. The number of hydrogen-bond donors (Lipinski definition) is 0. The number of nitro benzene ring substituents is 1. The molecule has 0 aromatic heterocycles. The summed E-state index contributed by atoms with van der Waals surface area (Å²) in [6.45, 7) is 3.77. The van der Waals surface area contributed by atoms with Crippen LogP contribution in [0.15, 0.2) is 72.8 Å². The number of nitro groups is 1. The molecule has 5 rings (SSSR count). The molecule has 0 aliphatic carbocycles. The third-order valence-corrected chi connectivity index (χ3v) is 6.27. The Morgan fingerprint density at radius 2 is 1.39 bits per heavy atom. The van der Waals surface area contributed by atoms with Crippen LogP contribution in [0.3, 0.4) is 0 Å². The van der Waals surface area contributed by atoms with Gasteiger partial charge in [0.2, 0.25) is 5.91 Å². The van der Waals surface area contributed by atoms with E-state index in [1.807, 2.05) is 50.2 Å². The van der Waals surface area contributed by atoms with Gasteiger partial charge in [-0.2, -0.15) is 0 Å². The predicted molar refractivity (Wildman–Crippen MR) is 122 cm³/mol. The van der Waals surface area contributed by atoms with Crippen LogP contribution in [0.2, 0.25) is 0 Å². The highest BCUT2D eigenvalue weighted by molar-refractivity contribution is 6.24. The number of rotatable bonds is 4. The van der Waals surface area contributed by atoms with Crippen molar-refractivity contribution in [3.63, 3.8) is 0 Å². The predicted octanol–water partition coefficient (Wildman–Crippen LogP) is 4.26. The van der Waals surface area contributed by atoms with Crippen molar-refractivity contribution in [2.75, 3.05) is 9.96 Å². The second kappa shape index (κ2) is 7.83. The molecule has 3 atom stereocenters. The first-order chi connectivity index (χ1) is 15.9. The molecule has 3 aromatic carbocycles. The molecule has 0 radical (unpaired) electrons. The summed E-state index contributed by atoms with van der Waals surface area (Å²) in [6, 6.07) is 20.2. The Morgan fingerprint density at radius 1 is 0.818 bits per heavy atom. The number of amides is 2. The first-order valence-corrected chi connectivity index (χ1v) is 10.6. The summed E-state index contributed by atoms with van der Waals surface area (Å²) in [5.41, 5.74) is 3.60. The minimum atomic E-state index is -0.989. The Hall–Kier alpha value is -4.04. The molecule has 33 heavy (non-hydrogen) atoms. The number of nitrogens with zero attached hydrogens (tertiary/aromatic N) is 3. The van der Waals surface area contributed by atoms with Crippen molar-refractivity contribution in [2.45, 2.75) is 26.0 Å². The highest BCUT2D eigenvalue weighted by atomic mass is 16.7. The maximum absolute atomic E-state index is 13.7. The third-order valence-electron chi connectivity index (χ3n) is 6.27. The van der Waals surface area contributed by atoms with Crippen LogP contribution in [0.1, 0.15) is 22.7 Å². The average molecular weight is 443 g/mol. The molecule has 2 saturated heterocycles. The number of benzene rings is 3. The van der Waals surface area contributed by atoms with E-state index in [0.29, 0.717) is 11.3 Å². The van der Waals surface area contributed by atoms with Crippen LogP contribution in [0, 0.1) is 29.9 Å². The molecule has 2 amide bonds. The zero-order valence-corrected chi connectivity index (χ0v) is 18.0. The Bertz CT molecular complexity index is 1270. The van der Waals surface area contributed by atoms with Crippen LogP contribution in [0.25, 0.3) is 0 Å². The SMILES string of the molecule is Cc1ccccc1N1C(=O)C2ON(c3ccccc3C)C(c3ccc([N+](=O)[O-])cc3)C2C1=O. The second-order valence-corrected chi connectivity index (χ2v) is 8.26. The molecular weight excluding hydrogens is 422 g/mol. The number of anilines is 2. The zero-order chi connectivity index (χ0) is 23.3. The third kappa shape index (κ3) is 3.27. The first-order valence-electron chi connectivity index (χ1n) is 10.6. The molecule has 2 heterocycles. The van der Waals surface area contributed by atoms with Gasteiger partial charge < -0.3 is 0 Å². The van der Waals surface area contributed by atoms with Gasteiger partial charge in [-0.25, -0.2) is 9.96 Å². The molecule has 2 aliphatic heterocycles. The van der Waals surface area contributed by atoms with Crippen LogP contribution in [-0.4, -0.2) is 22.8 Å². The van der Waals surface area contributed by atoms with Gasteiger partial charge in [-0.15, -0.1) is 0 Å². The van der Waals surface area contributed by atoms with Gasteiger partial charge in [0.15, 0.2) is 6.10 Å². The number of para-hydroxylation sites is 2. The maximum atomic E-state index is 13.7. The number of non-ortho nitro benzene ring substituents is 1. The van der Waals surface area contributed by atoms with Gasteiger partial charge in [-0.05, 0) is 42.7 Å². The maximum Gasteiger partial charge on any atom is 0.269 e. The highest BCUT2D eigenvalue weighted by Crippen LogP contribution is 2.48. The van der Waals surface area contributed by atoms with E-state index in [1.165, 1.54) is 17.0 Å². The molecule has 0 spiro atoms. The van der Waals surface area contributed by atoms with Crippen molar-refractivity contribution < 1.29 is 19.3 Å². The van der Waals surface area contributed by atoms with E-state index in [-0.39, 0.29) is 11.6 Å². The number of imide groups is 1. The van der Waals surface area contributed by atoms with Crippen LogP contribution >= 0.6 is 0 Å². The van der Waals surface area contributed by atoms with Crippen LogP contribution in [-0.2, 0) is 14.4 Å². The minimum Gasteiger partial charge on any atom is -0.273 e. The topological polar surface area (TPSA) is 93.0 Å².